The molecule has 1 aromatic carbocycles. The molecule has 7 heteroatoms. The average molecular weight is 345 g/mol. The number of aromatic nitrogens is 2. The molecule has 6 nitrogen and oxygen atoms in total. The Labute approximate surface area is 141 Å². The first-order valence-corrected chi connectivity index (χ1v) is 9.63. The van der Waals surface area contributed by atoms with Crippen LogP contribution < -0.4 is 5.32 Å². The van der Waals surface area contributed by atoms with Crippen LogP contribution in [-0.2, 0) is 9.84 Å². The summed E-state index contributed by atoms with van der Waals surface area (Å²) in [4.78, 5) is 21.1. The summed E-state index contributed by atoms with van der Waals surface area (Å²) in [7, 11) is -3.24. The van der Waals surface area contributed by atoms with Crippen molar-refractivity contribution in [3.8, 4) is 11.4 Å². The lowest BCUT2D eigenvalue weighted by Gasteiger charge is -2.13. The van der Waals surface area contributed by atoms with Gasteiger partial charge >= 0.3 is 0 Å². The largest absolute Gasteiger partial charge is 0.344 e. The summed E-state index contributed by atoms with van der Waals surface area (Å²) in [5.41, 5.74) is 1.94. The summed E-state index contributed by atoms with van der Waals surface area (Å²) >= 11 is 0. The summed E-state index contributed by atoms with van der Waals surface area (Å²) in [6.07, 6.45) is 3.52. The maximum Gasteiger partial charge on any atom is 0.255 e. The molecule has 126 valence electrons. The quantitative estimate of drug-likeness (QED) is 0.919. The van der Waals surface area contributed by atoms with E-state index in [-0.39, 0.29) is 16.8 Å². The second-order valence-corrected chi connectivity index (χ2v) is 8.46. The molecule has 2 aromatic rings. The Bertz CT molecular complexity index is 890. The van der Waals surface area contributed by atoms with Crippen molar-refractivity contribution in [2.24, 2.45) is 5.92 Å². The van der Waals surface area contributed by atoms with Crippen LogP contribution in [0.4, 0.5) is 0 Å². The first kappa shape index (κ1) is 16.6. The number of carbonyl (C=O) groups excluding carboxylic acids is 1. The highest BCUT2D eigenvalue weighted by atomic mass is 32.2. The summed E-state index contributed by atoms with van der Waals surface area (Å²) in [6, 6.07) is 6.33. The zero-order chi connectivity index (χ0) is 17.5. The Kier molecular flexibility index (Phi) is 4.13. The lowest BCUT2D eigenvalue weighted by atomic mass is 10.0. The predicted octanol–water partition coefficient (Wildman–Crippen LogP) is 2.38. The van der Waals surface area contributed by atoms with Crippen molar-refractivity contribution >= 4 is 15.7 Å². The number of nitrogens with one attached hydrogen (secondary N) is 1. The zero-order valence-corrected chi connectivity index (χ0v) is 14.6. The number of nitrogens with zero attached hydrogens (tertiary/aromatic N) is 2. The smallest absolute Gasteiger partial charge is 0.255 e. The first-order valence-electron chi connectivity index (χ1n) is 7.74. The van der Waals surface area contributed by atoms with Crippen LogP contribution in [-0.4, -0.2) is 30.5 Å². The van der Waals surface area contributed by atoms with Crippen molar-refractivity contribution in [3.63, 3.8) is 0 Å². The summed E-state index contributed by atoms with van der Waals surface area (Å²) in [6.45, 7) is 4.19. The van der Waals surface area contributed by atoms with Gasteiger partial charge in [-0.25, -0.2) is 18.4 Å². The molecule has 0 fully saturated rings. The topological polar surface area (TPSA) is 89.0 Å². The molecule has 0 saturated heterocycles. The fourth-order valence-electron chi connectivity index (χ4n) is 2.77. The van der Waals surface area contributed by atoms with E-state index in [0.717, 1.165) is 6.42 Å². The molecule has 1 amide bonds. The van der Waals surface area contributed by atoms with E-state index in [2.05, 4.69) is 29.1 Å². The Morgan fingerprint density at radius 1 is 1.21 bits per heavy atom. The molecule has 1 aromatic heterocycles. The maximum absolute atomic E-state index is 12.0. The molecule has 1 N–H and O–H groups in total. The van der Waals surface area contributed by atoms with E-state index >= 15 is 0 Å². The molecule has 0 radical (unpaired) electrons. The molecular formula is C17H19N3O3S. The highest BCUT2D eigenvalue weighted by Crippen LogP contribution is 2.30. The molecule has 0 bridgehead atoms. The van der Waals surface area contributed by atoms with Crippen LogP contribution in [0, 0.1) is 5.92 Å². The van der Waals surface area contributed by atoms with Crippen LogP contribution in [0.3, 0.4) is 0 Å². The third-order valence-corrected chi connectivity index (χ3v) is 5.07. The molecule has 3 rings (SSSR count). The minimum atomic E-state index is -3.24. The fraction of sp³-hybridized carbons (Fsp3) is 0.353. The van der Waals surface area contributed by atoms with Gasteiger partial charge < -0.3 is 5.32 Å². The molecule has 2 heterocycles. The van der Waals surface area contributed by atoms with Crippen LogP contribution in [0.15, 0.2) is 35.4 Å². The van der Waals surface area contributed by atoms with E-state index in [1.165, 1.54) is 24.6 Å². The standard InChI is InChI=1S/C17H19N3O3S/c1-10(2)8-14-15-13(17(21)19-14)9-18-16(20-15)11-4-6-12(7-5-11)24(3,22)23/h4-7,9-10,14H,8H2,1-3H3,(H,19,21). The molecule has 1 atom stereocenters. The van der Waals surface area contributed by atoms with Gasteiger partial charge in [-0.3, -0.25) is 4.79 Å². The van der Waals surface area contributed by atoms with E-state index in [0.29, 0.717) is 28.6 Å². The molecule has 1 aliphatic rings. The van der Waals surface area contributed by atoms with Gasteiger partial charge in [0.1, 0.15) is 0 Å². The Balaban J connectivity index is 1.98. The molecule has 24 heavy (non-hydrogen) atoms. The number of rotatable bonds is 4. The van der Waals surface area contributed by atoms with E-state index in [4.69, 9.17) is 0 Å². The van der Waals surface area contributed by atoms with Gasteiger partial charge in [-0.15, -0.1) is 0 Å². The molecule has 0 aliphatic carbocycles. The van der Waals surface area contributed by atoms with E-state index in [9.17, 15) is 13.2 Å². The normalized spacial score (nSPS) is 17.0. The zero-order valence-electron chi connectivity index (χ0n) is 13.8. The van der Waals surface area contributed by atoms with Gasteiger partial charge in [-0.05, 0) is 36.6 Å². The SMILES string of the molecule is CC(C)CC1NC(=O)c2cnc(-c3ccc(S(C)(=O)=O)cc3)nc21. The minimum absolute atomic E-state index is 0.107. The summed E-state index contributed by atoms with van der Waals surface area (Å²) < 4.78 is 23.1. The average Bonchev–Trinajstić information content (AvgIpc) is 2.82. The number of amides is 1. The highest BCUT2D eigenvalue weighted by molar-refractivity contribution is 7.90. The van der Waals surface area contributed by atoms with Crippen LogP contribution in [0.5, 0.6) is 0 Å². The van der Waals surface area contributed by atoms with Crippen molar-refractivity contribution in [2.45, 2.75) is 31.2 Å². The monoisotopic (exact) mass is 345 g/mol. The first-order chi connectivity index (χ1) is 11.3. The van der Waals surface area contributed by atoms with Crippen molar-refractivity contribution in [3.05, 3.63) is 41.7 Å². The second-order valence-electron chi connectivity index (χ2n) is 6.44. The third-order valence-electron chi connectivity index (χ3n) is 3.95. The fourth-order valence-corrected chi connectivity index (χ4v) is 3.40. The van der Waals surface area contributed by atoms with Gasteiger partial charge in [0, 0.05) is 18.0 Å². The lowest BCUT2D eigenvalue weighted by molar-refractivity contribution is 0.0953. The number of hydrogen-bond donors (Lipinski definition) is 1. The maximum atomic E-state index is 12.0. The number of fused-ring (bicyclic) bond motifs is 1. The molecule has 1 unspecified atom stereocenters. The predicted molar refractivity (Wildman–Crippen MR) is 90.2 cm³/mol. The Morgan fingerprint density at radius 3 is 2.46 bits per heavy atom. The molecule has 0 spiro atoms. The number of carbonyl (C=O) groups is 1. The van der Waals surface area contributed by atoms with Gasteiger partial charge in [-0.1, -0.05) is 13.8 Å². The van der Waals surface area contributed by atoms with E-state index in [1.54, 1.807) is 12.1 Å². The van der Waals surface area contributed by atoms with Crippen molar-refractivity contribution < 1.29 is 13.2 Å². The molecule has 0 saturated carbocycles. The van der Waals surface area contributed by atoms with Gasteiger partial charge in [0.25, 0.3) is 5.91 Å². The number of sulfone groups is 1. The van der Waals surface area contributed by atoms with Crippen LogP contribution in [0.25, 0.3) is 11.4 Å². The minimum Gasteiger partial charge on any atom is -0.344 e. The van der Waals surface area contributed by atoms with Gasteiger partial charge in [0.05, 0.1) is 22.2 Å². The van der Waals surface area contributed by atoms with Crippen LogP contribution in [0.1, 0.15) is 42.4 Å². The second kappa shape index (κ2) is 5.98. The van der Waals surface area contributed by atoms with Crippen LogP contribution >= 0.6 is 0 Å². The molecular weight excluding hydrogens is 326 g/mol. The number of hydrogen-bond acceptors (Lipinski definition) is 5. The lowest BCUT2D eigenvalue weighted by Crippen LogP contribution is -2.20. The summed E-state index contributed by atoms with van der Waals surface area (Å²) in [5, 5.41) is 2.94. The Morgan fingerprint density at radius 2 is 1.88 bits per heavy atom. The van der Waals surface area contributed by atoms with Crippen molar-refractivity contribution in [1.29, 1.82) is 0 Å². The van der Waals surface area contributed by atoms with E-state index in [1.807, 2.05) is 0 Å². The Hall–Kier alpha value is -2.28. The van der Waals surface area contributed by atoms with Gasteiger partial charge in [0.15, 0.2) is 15.7 Å². The molecule has 1 aliphatic heterocycles. The highest BCUT2D eigenvalue weighted by Gasteiger charge is 2.31. The van der Waals surface area contributed by atoms with Gasteiger partial charge in [0.2, 0.25) is 0 Å². The van der Waals surface area contributed by atoms with Crippen molar-refractivity contribution in [2.75, 3.05) is 6.26 Å². The van der Waals surface area contributed by atoms with E-state index < -0.39 is 9.84 Å². The van der Waals surface area contributed by atoms with Gasteiger partial charge in [-0.2, -0.15) is 0 Å². The summed E-state index contributed by atoms with van der Waals surface area (Å²) in [5.74, 6) is 0.766. The third kappa shape index (κ3) is 3.17. The van der Waals surface area contributed by atoms with Crippen LogP contribution in [0.2, 0.25) is 0 Å². The van der Waals surface area contributed by atoms with Crippen molar-refractivity contribution in [1.82, 2.24) is 15.3 Å². The number of benzene rings is 1.